The maximum atomic E-state index is 11.6. The van der Waals surface area contributed by atoms with Gasteiger partial charge in [0.2, 0.25) is 5.91 Å². The minimum Gasteiger partial charge on any atom is -0.323 e. The van der Waals surface area contributed by atoms with Gasteiger partial charge in [-0.2, -0.15) is 0 Å². The highest BCUT2D eigenvalue weighted by molar-refractivity contribution is 5.94. The summed E-state index contributed by atoms with van der Waals surface area (Å²) in [6.07, 6.45) is 6.01. The summed E-state index contributed by atoms with van der Waals surface area (Å²) in [5.74, 6) is -0.142. The number of carbonyl (C=O) groups excluding carboxylic acids is 1. The van der Waals surface area contributed by atoms with Crippen molar-refractivity contribution in [3.63, 3.8) is 0 Å². The average Bonchev–Trinajstić information content (AvgIpc) is 2.27. The molecule has 1 atom stereocenters. The third-order valence-electron chi connectivity index (χ3n) is 2.13. The highest BCUT2D eigenvalue weighted by atomic mass is 16.2. The minimum atomic E-state index is -0.426. The van der Waals surface area contributed by atoms with E-state index in [0.29, 0.717) is 5.69 Å². The number of nitrogens with two attached hydrogens (primary N) is 1. The molecule has 0 radical (unpaired) electrons. The molecular weight excluding hydrogens is 190 g/mol. The summed E-state index contributed by atoms with van der Waals surface area (Å²) in [4.78, 5) is 15.5. The number of aromatic nitrogens is 1. The molecule has 0 bridgehead atoms. The van der Waals surface area contributed by atoms with Crippen molar-refractivity contribution in [1.82, 2.24) is 4.98 Å². The van der Waals surface area contributed by atoms with Crippen molar-refractivity contribution in [1.29, 1.82) is 0 Å². The van der Waals surface area contributed by atoms with E-state index in [4.69, 9.17) is 5.73 Å². The van der Waals surface area contributed by atoms with Crippen LogP contribution in [0.5, 0.6) is 0 Å². The Labute approximate surface area is 89.9 Å². The highest BCUT2D eigenvalue weighted by Crippen LogP contribution is 2.05. The number of rotatable bonds is 5. The van der Waals surface area contributed by atoms with Gasteiger partial charge in [0.1, 0.15) is 0 Å². The van der Waals surface area contributed by atoms with Crippen LogP contribution in [0.2, 0.25) is 0 Å². The van der Waals surface area contributed by atoms with Gasteiger partial charge in [-0.05, 0) is 18.6 Å². The number of amides is 1. The van der Waals surface area contributed by atoms with Crippen LogP contribution >= 0.6 is 0 Å². The summed E-state index contributed by atoms with van der Waals surface area (Å²) >= 11 is 0. The molecule has 3 N–H and O–H groups in total. The molecule has 82 valence electrons. The lowest BCUT2D eigenvalue weighted by Crippen LogP contribution is -2.35. The number of nitrogens with one attached hydrogen (secondary N) is 1. The largest absolute Gasteiger partial charge is 0.323 e. The molecule has 0 spiro atoms. The minimum absolute atomic E-state index is 0.142. The van der Waals surface area contributed by atoms with Crippen molar-refractivity contribution in [3.05, 3.63) is 24.5 Å². The number of hydrogen-bond acceptors (Lipinski definition) is 3. The number of anilines is 1. The molecule has 4 heteroatoms. The summed E-state index contributed by atoms with van der Waals surface area (Å²) < 4.78 is 0. The number of pyridine rings is 1. The molecule has 0 saturated carbocycles. The number of unbranched alkanes of at least 4 members (excludes halogenated alkanes) is 1. The fraction of sp³-hybridized carbons (Fsp3) is 0.455. The predicted molar refractivity (Wildman–Crippen MR) is 60.4 cm³/mol. The zero-order chi connectivity index (χ0) is 11.1. The summed E-state index contributed by atoms with van der Waals surface area (Å²) in [7, 11) is 0. The summed E-state index contributed by atoms with van der Waals surface area (Å²) in [6, 6.07) is 3.13. The Kier molecular flexibility index (Phi) is 4.77. The lowest BCUT2D eigenvalue weighted by atomic mass is 10.1. The van der Waals surface area contributed by atoms with Crippen LogP contribution in [0, 0.1) is 0 Å². The van der Waals surface area contributed by atoms with Gasteiger partial charge in [0.25, 0.3) is 0 Å². The number of carbonyl (C=O) groups is 1. The maximum absolute atomic E-state index is 11.6. The predicted octanol–water partition coefficient (Wildman–Crippen LogP) is 1.54. The van der Waals surface area contributed by atoms with Gasteiger partial charge in [0, 0.05) is 6.20 Å². The molecule has 15 heavy (non-hydrogen) atoms. The van der Waals surface area contributed by atoms with E-state index in [1.54, 1.807) is 24.5 Å². The number of nitrogens with zero attached hydrogens (tertiary/aromatic N) is 1. The SMILES string of the molecule is CCCCC(N)C(=O)Nc1cccnc1. The third-order valence-corrected chi connectivity index (χ3v) is 2.13. The van der Waals surface area contributed by atoms with Gasteiger partial charge in [-0.3, -0.25) is 9.78 Å². The standard InChI is InChI=1S/C11H17N3O/c1-2-3-6-10(12)11(15)14-9-5-4-7-13-8-9/h4-5,7-8,10H,2-3,6,12H2,1H3,(H,14,15). The first kappa shape index (κ1) is 11.7. The Morgan fingerprint density at radius 1 is 1.67 bits per heavy atom. The first-order chi connectivity index (χ1) is 7.24. The number of hydrogen-bond donors (Lipinski definition) is 2. The zero-order valence-electron chi connectivity index (χ0n) is 8.94. The van der Waals surface area contributed by atoms with E-state index in [1.165, 1.54) is 0 Å². The van der Waals surface area contributed by atoms with Crippen LogP contribution in [0.25, 0.3) is 0 Å². The van der Waals surface area contributed by atoms with E-state index in [9.17, 15) is 4.79 Å². The molecule has 0 aliphatic heterocycles. The second kappa shape index (κ2) is 6.14. The van der Waals surface area contributed by atoms with E-state index in [-0.39, 0.29) is 5.91 Å². The van der Waals surface area contributed by atoms with Gasteiger partial charge in [-0.15, -0.1) is 0 Å². The van der Waals surface area contributed by atoms with E-state index >= 15 is 0 Å². The molecule has 1 rings (SSSR count). The summed E-state index contributed by atoms with van der Waals surface area (Å²) in [5, 5.41) is 2.72. The maximum Gasteiger partial charge on any atom is 0.241 e. The molecular formula is C11H17N3O. The zero-order valence-corrected chi connectivity index (χ0v) is 8.94. The molecule has 1 heterocycles. The Morgan fingerprint density at radius 3 is 3.07 bits per heavy atom. The molecule has 0 fully saturated rings. The van der Waals surface area contributed by atoms with Gasteiger partial charge < -0.3 is 11.1 Å². The van der Waals surface area contributed by atoms with Crippen molar-refractivity contribution >= 4 is 11.6 Å². The van der Waals surface area contributed by atoms with Crippen molar-refractivity contribution in [3.8, 4) is 0 Å². The van der Waals surface area contributed by atoms with Crippen LogP contribution in [-0.4, -0.2) is 16.9 Å². The lowest BCUT2D eigenvalue weighted by molar-refractivity contribution is -0.117. The van der Waals surface area contributed by atoms with Crippen molar-refractivity contribution in [2.45, 2.75) is 32.2 Å². The normalized spacial score (nSPS) is 12.1. The molecule has 0 aromatic carbocycles. The average molecular weight is 207 g/mol. The molecule has 0 saturated heterocycles. The molecule has 1 amide bonds. The smallest absolute Gasteiger partial charge is 0.241 e. The fourth-order valence-corrected chi connectivity index (χ4v) is 1.23. The molecule has 0 aliphatic rings. The Hall–Kier alpha value is -1.42. The Bertz CT molecular complexity index is 300. The molecule has 1 unspecified atom stereocenters. The van der Waals surface area contributed by atoms with E-state index in [1.807, 2.05) is 0 Å². The molecule has 1 aromatic rings. The first-order valence-electron chi connectivity index (χ1n) is 5.20. The fourth-order valence-electron chi connectivity index (χ4n) is 1.23. The Balaban J connectivity index is 2.42. The van der Waals surface area contributed by atoms with Crippen LogP contribution in [0.3, 0.4) is 0 Å². The highest BCUT2D eigenvalue weighted by Gasteiger charge is 2.12. The molecule has 4 nitrogen and oxygen atoms in total. The summed E-state index contributed by atoms with van der Waals surface area (Å²) in [6.45, 7) is 2.08. The van der Waals surface area contributed by atoms with Crippen molar-refractivity contribution < 1.29 is 4.79 Å². The van der Waals surface area contributed by atoms with Crippen molar-refractivity contribution in [2.24, 2.45) is 5.73 Å². The van der Waals surface area contributed by atoms with E-state index in [0.717, 1.165) is 19.3 Å². The van der Waals surface area contributed by atoms with Gasteiger partial charge in [-0.1, -0.05) is 19.8 Å². The lowest BCUT2D eigenvalue weighted by Gasteiger charge is -2.11. The quantitative estimate of drug-likeness (QED) is 0.769. The second-order valence-electron chi connectivity index (χ2n) is 3.48. The van der Waals surface area contributed by atoms with Gasteiger partial charge in [-0.25, -0.2) is 0 Å². The molecule has 0 aliphatic carbocycles. The van der Waals surface area contributed by atoms with Gasteiger partial charge >= 0.3 is 0 Å². The van der Waals surface area contributed by atoms with Crippen molar-refractivity contribution in [2.75, 3.05) is 5.32 Å². The Morgan fingerprint density at radius 2 is 2.47 bits per heavy atom. The van der Waals surface area contributed by atoms with Gasteiger partial charge in [0.05, 0.1) is 17.9 Å². The van der Waals surface area contributed by atoms with E-state index in [2.05, 4.69) is 17.2 Å². The first-order valence-corrected chi connectivity index (χ1v) is 5.20. The second-order valence-corrected chi connectivity index (χ2v) is 3.48. The molecule has 1 aromatic heterocycles. The van der Waals surface area contributed by atoms with Crippen LogP contribution in [0.1, 0.15) is 26.2 Å². The van der Waals surface area contributed by atoms with Crippen LogP contribution in [0.15, 0.2) is 24.5 Å². The monoisotopic (exact) mass is 207 g/mol. The summed E-state index contributed by atoms with van der Waals surface area (Å²) in [5.41, 5.74) is 6.41. The van der Waals surface area contributed by atoms with Crippen LogP contribution in [0.4, 0.5) is 5.69 Å². The topological polar surface area (TPSA) is 68.0 Å². The van der Waals surface area contributed by atoms with Crippen LogP contribution in [-0.2, 0) is 4.79 Å². The third kappa shape index (κ3) is 4.08. The van der Waals surface area contributed by atoms with Crippen LogP contribution < -0.4 is 11.1 Å². The van der Waals surface area contributed by atoms with Gasteiger partial charge in [0.15, 0.2) is 0 Å². The van der Waals surface area contributed by atoms with E-state index < -0.39 is 6.04 Å².